The predicted molar refractivity (Wildman–Crippen MR) is 82.1 cm³/mol. The monoisotopic (exact) mass is 270 g/mol. The Morgan fingerprint density at radius 1 is 1.28 bits per heavy atom. The molecule has 2 nitrogen and oxygen atoms in total. The average Bonchev–Trinajstić information content (AvgIpc) is 2.34. The molecule has 0 aromatic rings. The fourth-order valence-electron chi connectivity index (χ4n) is 4.09. The number of nitrogens with two attached hydrogens (primary N) is 1. The highest BCUT2D eigenvalue weighted by Crippen LogP contribution is 2.43. The molecular formula is C15H30N2S. The Morgan fingerprint density at radius 2 is 2.00 bits per heavy atom. The van der Waals surface area contributed by atoms with E-state index >= 15 is 0 Å². The average molecular weight is 270 g/mol. The van der Waals surface area contributed by atoms with Gasteiger partial charge < -0.3 is 5.73 Å². The van der Waals surface area contributed by atoms with Gasteiger partial charge in [0.25, 0.3) is 0 Å². The number of hydrogen-bond acceptors (Lipinski definition) is 3. The summed E-state index contributed by atoms with van der Waals surface area (Å²) in [5, 5.41) is 0.744. The maximum Gasteiger partial charge on any atom is 0.0360 e. The lowest BCUT2D eigenvalue weighted by Gasteiger charge is -2.56. The Kier molecular flexibility index (Phi) is 4.66. The molecule has 1 aliphatic heterocycles. The molecule has 2 fully saturated rings. The quantitative estimate of drug-likeness (QED) is 0.836. The SMILES string of the molecule is CC1CCC(CN)(N2CCSC(C)C2C)C(C)C1. The van der Waals surface area contributed by atoms with Gasteiger partial charge in [-0.3, -0.25) is 4.90 Å². The van der Waals surface area contributed by atoms with E-state index in [2.05, 4.69) is 44.4 Å². The summed E-state index contributed by atoms with van der Waals surface area (Å²) in [6.45, 7) is 11.7. The van der Waals surface area contributed by atoms with Crippen LogP contribution in [0.4, 0.5) is 0 Å². The minimum absolute atomic E-state index is 0.279. The molecule has 2 N–H and O–H groups in total. The van der Waals surface area contributed by atoms with Crippen molar-refractivity contribution in [1.29, 1.82) is 0 Å². The van der Waals surface area contributed by atoms with Crippen LogP contribution < -0.4 is 5.73 Å². The number of hydrogen-bond donors (Lipinski definition) is 1. The lowest BCUT2D eigenvalue weighted by molar-refractivity contribution is -0.0227. The maximum absolute atomic E-state index is 6.26. The Hall–Kier alpha value is 0.270. The van der Waals surface area contributed by atoms with E-state index in [0.29, 0.717) is 6.04 Å². The molecule has 0 aromatic heterocycles. The lowest BCUT2D eigenvalue weighted by atomic mass is 9.68. The zero-order valence-corrected chi connectivity index (χ0v) is 13.3. The summed E-state index contributed by atoms with van der Waals surface area (Å²) in [6, 6.07) is 0.670. The van der Waals surface area contributed by atoms with Crippen molar-refractivity contribution in [3.8, 4) is 0 Å². The van der Waals surface area contributed by atoms with Crippen LogP contribution in [0.5, 0.6) is 0 Å². The first kappa shape index (κ1) is 14.7. The van der Waals surface area contributed by atoms with E-state index in [1.165, 1.54) is 31.6 Å². The van der Waals surface area contributed by atoms with Gasteiger partial charge in [-0.25, -0.2) is 0 Å². The summed E-state index contributed by atoms with van der Waals surface area (Å²) in [5.74, 6) is 2.89. The Labute approximate surface area is 117 Å². The van der Waals surface area contributed by atoms with E-state index in [1.54, 1.807) is 0 Å². The predicted octanol–water partition coefficient (Wildman–Crippen LogP) is 2.97. The molecule has 1 aliphatic carbocycles. The van der Waals surface area contributed by atoms with E-state index < -0.39 is 0 Å². The summed E-state index contributed by atoms with van der Waals surface area (Å²) < 4.78 is 0. The topological polar surface area (TPSA) is 29.3 Å². The third-order valence-corrected chi connectivity index (χ3v) is 6.89. The molecule has 0 amide bonds. The first-order valence-electron chi connectivity index (χ1n) is 7.59. The Bertz CT molecular complexity index is 284. The van der Waals surface area contributed by atoms with E-state index in [4.69, 9.17) is 5.73 Å². The number of nitrogens with zero attached hydrogens (tertiary/aromatic N) is 1. The summed E-state index contributed by atoms with van der Waals surface area (Å²) in [5.41, 5.74) is 6.54. The first-order valence-corrected chi connectivity index (χ1v) is 8.64. The molecular weight excluding hydrogens is 240 g/mol. The number of rotatable bonds is 2. The Balaban J connectivity index is 2.20. The molecule has 2 aliphatic rings. The minimum Gasteiger partial charge on any atom is -0.329 e. The lowest BCUT2D eigenvalue weighted by Crippen LogP contribution is -2.65. The molecule has 1 heterocycles. The summed E-state index contributed by atoms with van der Waals surface area (Å²) >= 11 is 2.12. The van der Waals surface area contributed by atoms with Gasteiger partial charge in [0.05, 0.1) is 0 Å². The Morgan fingerprint density at radius 3 is 2.61 bits per heavy atom. The molecule has 5 unspecified atom stereocenters. The van der Waals surface area contributed by atoms with Gasteiger partial charge in [-0.05, 0) is 38.0 Å². The van der Waals surface area contributed by atoms with Crippen molar-refractivity contribution in [2.75, 3.05) is 18.8 Å². The molecule has 106 valence electrons. The highest BCUT2D eigenvalue weighted by atomic mass is 32.2. The van der Waals surface area contributed by atoms with Crippen molar-refractivity contribution in [2.24, 2.45) is 17.6 Å². The first-order chi connectivity index (χ1) is 8.51. The molecule has 2 rings (SSSR count). The van der Waals surface area contributed by atoms with Gasteiger partial charge in [-0.2, -0.15) is 11.8 Å². The van der Waals surface area contributed by atoms with Crippen molar-refractivity contribution >= 4 is 11.8 Å². The van der Waals surface area contributed by atoms with Gasteiger partial charge in [0.2, 0.25) is 0 Å². The highest BCUT2D eigenvalue weighted by molar-refractivity contribution is 8.00. The van der Waals surface area contributed by atoms with Crippen molar-refractivity contribution in [2.45, 2.75) is 63.8 Å². The zero-order valence-electron chi connectivity index (χ0n) is 12.5. The number of thioether (sulfide) groups is 1. The van der Waals surface area contributed by atoms with E-state index in [0.717, 1.165) is 23.6 Å². The standard InChI is InChI=1S/C15H30N2S/c1-11-5-6-15(10-16,12(2)9-11)17-7-8-18-14(4)13(17)3/h11-14H,5-10,16H2,1-4H3. The molecule has 1 saturated carbocycles. The van der Waals surface area contributed by atoms with Crippen LogP contribution >= 0.6 is 11.8 Å². The second-order valence-corrected chi connectivity index (χ2v) is 8.08. The normalized spacial score (nSPS) is 47.2. The summed E-state index contributed by atoms with van der Waals surface area (Å²) in [4.78, 5) is 2.77. The molecule has 0 bridgehead atoms. The van der Waals surface area contributed by atoms with Crippen LogP contribution in [0.25, 0.3) is 0 Å². The summed E-state index contributed by atoms with van der Waals surface area (Å²) in [7, 11) is 0. The van der Waals surface area contributed by atoms with Crippen LogP contribution in [0.3, 0.4) is 0 Å². The van der Waals surface area contributed by atoms with E-state index in [9.17, 15) is 0 Å². The molecule has 0 radical (unpaired) electrons. The van der Waals surface area contributed by atoms with Gasteiger partial charge in [0, 0.05) is 35.7 Å². The molecule has 5 atom stereocenters. The van der Waals surface area contributed by atoms with E-state index in [-0.39, 0.29) is 5.54 Å². The van der Waals surface area contributed by atoms with Gasteiger partial charge >= 0.3 is 0 Å². The molecule has 0 aromatic carbocycles. The van der Waals surface area contributed by atoms with Crippen molar-refractivity contribution in [1.82, 2.24) is 4.90 Å². The second kappa shape index (κ2) is 5.72. The van der Waals surface area contributed by atoms with Gasteiger partial charge in [0.15, 0.2) is 0 Å². The second-order valence-electron chi connectivity index (χ2n) is 6.60. The summed E-state index contributed by atoms with van der Waals surface area (Å²) in [6.07, 6.45) is 4.00. The van der Waals surface area contributed by atoms with Crippen molar-refractivity contribution < 1.29 is 0 Å². The van der Waals surface area contributed by atoms with Gasteiger partial charge in [-0.1, -0.05) is 20.8 Å². The smallest absolute Gasteiger partial charge is 0.0360 e. The van der Waals surface area contributed by atoms with Crippen LogP contribution in [0.2, 0.25) is 0 Å². The molecule has 3 heteroatoms. The molecule has 0 spiro atoms. The maximum atomic E-state index is 6.26. The van der Waals surface area contributed by atoms with Gasteiger partial charge in [-0.15, -0.1) is 0 Å². The van der Waals surface area contributed by atoms with Crippen LogP contribution in [0.1, 0.15) is 47.0 Å². The van der Waals surface area contributed by atoms with Crippen LogP contribution in [-0.2, 0) is 0 Å². The fraction of sp³-hybridized carbons (Fsp3) is 1.00. The van der Waals surface area contributed by atoms with Crippen LogP contribution in [0.15, 0.2) is 0 Å². The van der Waals surface area contributed by atoms with E-state index in [1.807, 2.05) is 0 Å². The van der Waals surface area contributed by atoms with Crippen LogP contribution in [-0.4, -0.2) is 40.6 Å². The molecule has 1 saturated heterocycles. The minimum atomic E-state index is 0.279. The van der Waals surface area contributed by atoms with Gasteiger partial charge in [0.1, 0.15) is 0 Å². The highest BCUT2D eigenvalue weighted by Gasteiger charge is 2.46. The third kappa shape index (κ3) is 2.46. The zero-order chi connectivity index (χ0) is 13.3. The third-order valence-electron chi connectivity index (χ3n) is 5.55. The van der Waals surface area contributed by atoms with Crippen LogP contribution in [0, 0.1) is 11.8 Å². The van der Waals surface area contributed by atoms with Crippen molar-refractivity contribution in [3.63, 3.8) is 0 Å². The largest absolute Gasteiger partial charge is 0.329 e. The molecule has 18 heavy (non-hydrogen) atoms. The van der Waals surface area contributed by atoms with Crippen molar-refractivity contribution in [3.05, 3.63) is 0 Å². The fourth-order valence-corrected chi connectivity index (χ4v) is 5.19.